The Morgan fingerprint density at radius 3 is 2.67 bits per heavy atom. The first-order valence-electron chi connectivity index (χ1n) is 10.0. The number of Topliss-reactive ketones (excluding diaryl/α,β-unsaturated/α-hetero) is 1. The Bertz CT molecular complexity index is 998. The number of thiophene rings is 1. The monoisotopic (exact) mass is 440 g/mol. The van der Waals surface area contributed by atoms with Crippen LogP contribution in [-0.4, -0.2) is 38.2 Å². The summed E-state index contributed by atoms with van der Waals surface area (Å²) in [5.41, 5.74) is 1.03. The predicted octanol–water partition coefficient (Wildman–Crippen LogP) is 3.67. The molecule has 1 fully saturated rings. The number of carbonyl (C=O) groups is 2. The van der Waals surface area contributed by atoms with E-state index in [0.29, 0.717) is 12.5 Å². The molecule has 30 heavy (non-hydrogen) atoms. The number of ketones is 1. The lowest BCUT2D eigenvalue weighted by Crippen LogP contribution is -2.42. The fourth-order valence-electron chi connectivity index (χ4n) is 3.31. The summed E-state index contributed by atoms with van der Waals surface area (Å²) >= 11 is 3.10. The molecule has 0 saturated heterocycles. The third-order valence-electron chi connectivity index (χ3n) is 5.00. The molecule has 1 aliphatic rings. The molecule has 3 aromatic rings. The highest BCUT2D eigenvalue weighted by Gasteiger charge is 2.30. The van der Waals surface area contributed by atoms with Crippen LogP contribution < -0.4 is 5.32 Å². The maximum absolute atomic E-state index is 12.5. The fourth-order valence-corrected chi connectivity index (χ4v) is 4.84. The highest BCUT2D eigenvalue weighted by Crippen LogP contribution is 2.39. The first-order chi connectivity index (χ1) is 14.6. The van der Waals surface area contributed by atoms with Gasteiger partial charge in [0.05, 0.1) is 11.8 Å². The summed E-state index contributed by atoms with van der Waals surface area (Å²) in [5, 5.41) is 14.5. The third kappa shape index (κ3) is 5.37. The molecule has 2 aromatic heterocycles. The Morgan fingerprint density at radius 2 is 2.00 bits per heavy atom. The average molecular weight is 441 g/mol. The van der Waals surface area contributed by atoms with Gasteiger partial charge in [0.15, 0.2) is 10.9 Å². The Morgan fingerprint density at radius 1 is 1.20 bits per heavy atom. The molecule has 1 amide bonds. The van der Waals surface area contributed by atoms with E-state index < -0.39 is 6.04 Å². The van der Waals surface area contributed by atoms with Crippen LogP contribution in [0.25, 0.3) is 0 Å². The Hall–Kier alpha value is -2.45. The largest absolute Gasteiger partial charge is 0.345 e. The molecule has 0 aliphatic heterocycles. The molecular weight excluding hydrogens is 416 g/mol. The number of nitrogens with one attached hydrogen (secondary N) is 1. The van der Waals surface area contributed by atoms with Crippen molar-refractivity contribution in [2.45, 2.75) is 49.8 Å². The topological polar surface area (TPSA) is 76.9 Å². The zero-order chi connectivity index (χ0) is 20.9. The van der Waals surface area contributed by atoms with Crippen molar-refractivity contribution < 1.29 is 9.59 Å². The maximum atomic E-state index is 12.5. The molecule has 6 nitrogen and oxygen atoms in total. The van der Waals surface area contributed by atoms with Crippen LogP contribution in [0.2, 0.25) is 0 Å². The minimum absolute atomic E-state index is 0.0448. The third-order valence-corrected chi connectivity index (χ3v) is 6.82. The van der Waals surface area contributed by atoms with Crippen molar-refractivity contribution in [1.29, 1.82) is 0 Å². The molecule has 1 aromatic carbocycles. The van der Waals surface area contributed by atoms with Gasteiger partial charge in [-0.3, -0.25) is 9.59 Å². The van der Waals surface area contributed by atoms with Gasteiger partial charge in [0, 0.05) is 17.3 Å². The van der Waals surface area contributed by atoms with Crippen LogP contribution in [0.5, 0.6) is 0 Å². The molecule has 1 aliphatic carbocycles. The maximum Gasteiger partial charge on any atom is 0.231 e. The van der Waals surface area contributed by atoms with E-state index in [4.69, 9.17) is 0 Å². The van der Waals surface area contributed by atoms with Gasteiger partial charge in [-0.1, -0.05) is 48.2 Å². The van der Waals surface area contributed by atoms with Crippen LogP contribution in [0.3, 0.4) is 0 Å². The van der Waals surface area contributed by atoms with Gasteiger partial charge in [0.25, 0.3) is 0 Å². The van der Waals surface area contributed by atoms with E-state index in [2.05, 4.69) is 31.5 Å². The number of hydrogen-bond acceptors (Lipinski definition) is 6. The molecule has 156 valence electrons. The van der Waals surface area contributed by atoms with Gasteiger partial charge >= 0.3 is 0 Å². The molecule has 0 spiro atoms. The standard InChI is InChI=1S/C22H24N4O2S2/c1-15(27)19(12-16-6-3-2-4-7-16)23-21(28)14-30-22-25-24-20(26(22)17-9-10-17)13-18-8-5-11-29-18/h2-8,11,17,19H,9-10,12-14H2,1H3,(H,23,28)/t19-/m0/s1. The second kappa shape index (κ2) is 9.57. The first-order valence-corrected chi connectivity index (χ1v) is 11.9. The lowest BCUT2D eigenvalue weighted by molar-refractivity contribution is -0.125. The van der Waals surface area contributed by atoms with Crippen LogP contribution >= 0.6 is 23.1 Å². The molecule has 0 unspecified atom stereocenters. The van der Waals surface area contributed by atoms with E-state index in [0.717, 1.165) is 35.8 Å². The van der Waals surface area contributed by atoms with Gasteiger partial charge < -0.3 is 9.88 Å². The van der Waals surface area contributed by atoms with Crippen LogP contribution in [0.15, 0.2) is 53.0 Å². The van der Waals surface area contributed by atoms with Crippen molar-refractivity contribution in [2.75, 3.05) is 5.75 Å². The van der Waals surface area contributed by atoms with Gasteiger partial charge in [-0.2, -0.15) is 0 Å². The van der Waals surface area contributed by atoms with Crippen LogP contribution in [0.4, 0.5) is 0 Å². The van der Waals surface area contributed by atoms with Crippen molar-refractivity contribution in [3.05, 3.63) is 64.1 Å². The lowest BCUT2D eigenvalue weighted by Gasteiger charge is -2.16. The van der Waals surface area contributed by atoms with Gasteiger partial charge in [0.2, 0.25) is 5.91 Å². The van der Waals surface area contributed by atoms with Gasteiger partial charge in [-0.25, -0.2) is 0 Å². The summed E-state index contributed by atoms with van der Waals surface area (Å²) in [6, 6.07) is 13.8. The number of benzene rings is 1. The Balaban J connectivity index is 1.37. The number of thioether (sulfide) groups is 1. The van der Waals surface area contributed by atoms with Crippen LogP contribution in [-0.2, 0) is 22.4 Å². The summed E-state index contributed by atoms with van der Waals surface area (Å²) < 4.78 is 2.18. The molecule has 1 N–H and O–H groups in total. The first kappa shape index (κ1) is 20.8. The second-order valence-electron chi connectivity index (χ2n) is 7.47. The second-order valence-corrected chi connectivity index (χ2v) is 9.44. The highest BCUT2D eigenvalue weighted by atomic mass is 32.2. The van der Waals surface area contributed by atoms with Crippen molar-refractivity contribution in [3.63, 3.8) is 0 Å². The predicted molar refractivity (Wildman–Crippen MR) is 119 cm³/mol. The van der Waals surface area contributed by atoms with Crippen LogP contribution in [0.1, 0.15) is 42.1 Å². The van der Waals surface area contributed by atoms with E-state index in [9.17, 15) is 9.59 Å². The molecule has 8 heteroatoms. The molecule has 1 saturated carbocycles. The minimum atomic E-state index is -0.517. The molecule has 0 radical (unpaired) electrons. The zero-order valence-corrected chi connectivity index (χ0v) is 18.4. The summed E-state index contributed by atoms with van der Waals surface area (Å²) in [5.74, 6) is 0.953. The average Bonchev–Trinajstić information content (AvgIpc) is 3.29. The van der Waals surface area contributed by atoms with E-state index >= 15 is 0 Å². The van der Waals surface area contributed by atoms with Crippen molar-refractivity contribution in [1.82, 2.24) is 20.1 Å². The number of nitrogens with zero attached hydrogens (tertiary/aromatic N) is 3. The van der Waals surface area contributed by atoms with Gasteiger partial charge in [-0.05, 0) is 43.2 Å². The quantitative estimate of drug-likeness (QED) is 0.487. The summed E-state index contributed by atoms with van der Waals surface area (Å²) in [6.07, 6.45) is 3.50. The SMILES string of the molecule is CC(=O)[C@H](Cc1ccccc1)NC(=O)CSc1nnc(Cc2cccs2)n1C1CC1. The van der Waals surface area contributed by atoms with Crippen molar-refractivity contribution in [2.24, 2.45) is 0 Å². The molecule has 1 atom stereocenters. The zero-order valence-electron chi connectivity index (χ0n) is 16.8. The van der Waals surface area contributed by atoms with E-state index in [-0.39, 0.29) is 17.4 Å². The summed E-state index contributed by atoms with van der Waals surface area (Å²) in [4.78, 5) is 25.8. The summed E-state index contributed by atoms with van der Waals surface area (Å²) in [7, 11) is 0. The molecule has 4 rings (SSSR count). The number of hydrogen-bond donors (Lipinski definition) is 1. The number of rotatable bonds is 10. The molecular formula is C22H24N4O2S2. The van der Waals surface area contributed by atoms with E-state index in [1.807, 2.05) is 36.4 Å². The van der Waals surface area contributed by atoms with Crippen LogP contribution in [0, 0.1) is 0 Å². The highest BCUT2D eigenvalue weighted by molar-refractivity contribution is 7.99. The number of aromatic nitrogens is 3. The van der Waals surface area contributed by atoms with E-state index in [1.165, 1.54) is 23.6 Å². The molecule has 0 bridgehead atoms. The normalized spacial score (nSPS) is 14.4. The minimum Gasteiger partial charge on any atom is -0.345 e. The fraction of sp³-hybridized carbons (Fsp3) is 0.364. The van der Waals surface area contributed by atoms with Crippen molar-refractivity contribution >= 4 is 34.8 Å². The Labute approximate surface area is 184 Å². The number of carbonyl (C=O) groups excluding carboxylic acids is 2. The van der Waals surface area contributed by atoms with Crippen molar-refractivity contribution in [3.8, 4) is 0 Å². The molecule has 2 heterocycles. The lowest BCUT2D eigenvalue weighted by atomic mass is 10.0. The number of amides is 1. The van der Waals surface area contributed by atoms with Gasteiger partial charge in [0.1, 0.15) is 5.82 Å². The van der Waals surface area contributed by atoms with Gasteiger partial charge in [-0.15, -0.1) is 21.5 Å². The smallest absolute Gasteiger partial charge is 0.231 e. The van der Waals surface area contributed by atoms with E-state index in [1.54, 1.807) is 11.3 Å². The Kier molecular flexibility index (Phi) is 6.64. The summed E-state index contributed by atoms with van der Waals surface area (Å²) in [6.45, 7) is 1.52.